The smallest absolute Gasteiger partial charge is 0.335 e. The largest absolute Gasteiger partial charge is 0.378 e. The predicted octanol–water partition coefficient (Wildman–Crippen LogP) is 0.0568. The van der Waals surface area contributed by atoms with E-state index in [1.807, 2.05) is 0 Å². The Bertz CT molecular complexity index is 428. The second-order valence-corrected chi connectivity index (χ2v) is 4.59. The summed E-state index contributed by atoms with van der Waals surface area (Å²) in [4.78, 5) is 38.6. The number of hydroxylamine groups is 2. The van der Waals surface area contributed by atoms with Crippen molar-refractivity contribution in [3.8, 4) is 12.3 Å². The topological polar surface area (TPSA) is 91.4 Å². The van der Waals surface area contributed by atoms with Crippen molar-refractivity contribution >= 4 is 17.8 Å². The molecule has 0 saturated carbocycles. The molecule has 1 saturated heterocycles. The van der Waals surface area contributed by atoms with Crippen molar-refractivity contribution < 1.29 is 33.4 Å². The third-order valence-corrected chi connectivity index (χ3v) is 2.78. The number of terminal acetylenes is 1. The van der Waals surface area contributed by atoms with Crippen LogP contribution in [-0.4, -0.2) is 62.5 Å². The number of carbonyl (C=O) groups excluding carboxylic acids is 3. The monoisotopic (exact) mass is 327 g/mol. The molecular formula is C15H21NO7. The third-order valence-electron chi connectivity index (χ3n) is 2.78. The van der Waals surface area contributed by atoms with Gasteiger partial charge >= 0.3 is 5.97 Å². The minimum Gasteiger partial charge on any atom is -0.378 e. The summed E-state index contributed by atoms with van der Waals surface area (Å²) in [6.45, 7) is 2.23. The SMILES string of the molecule is C#CCCOCCOCCOCCC(=O)ON1C(=O)CCC1=O. The predicted molar refractivity (Wildman–Crippen MR) is 77.7 cm³/mol. The first-order valence-electron chi connectivity index (χ1n) is 7.38. The lowest BCUT2D eigenvalue weighted by molar-refractivity contribution is -0.198. The fourth-order valence-corrected chi connectivity index (χ4v) is 1.63. The number of amides is 2. The van der Waals surface area contributed by atoms with Crippen LogP contribution < -0.4 is 0 Å². The van der Waals surface area contributed by atoms with E-state index in [0.29, 0.717) is 44.5 Å². The molecule has 1 aliphatic heterocycles. The summed E-state index contributed by atoms with van der Waals surface area (Å²) in [6.07, 6.45) is 5.75. The normalized spacial score (nSPS) is 14.1. The van der Waals surface area contributed by atoms with Crippen molar-refractivity contribution in [3.63, 3.8) is 0 Å². The molecule has 128 valence electrons. The minimum absolute atomic E-state index is 0.0493. The molecule has 8 nitrogen and oxygen atoms in total. The Morgan fingerprint density at radius 3 is 2.04 bits per heavy atom. The second-order valence-electron chi connectivity index (χ2n) is 4.59. The summed E-state index contributed by atoms with van der Waals surface area (Å²) < 4.78 is 15.6. The highest BCUT2D eigenvalue weighted by atomic mass is 16.7. The molecule has 1 aliphatic rings. The molecule has 0 aromatic rings. The summed E-state index contributed by atoms with van der Waals surface area (Å²) >= 11 is 0. The Kier molecular flexibility index (Phi) is 9.63. The molecule has 0 aromatic heterocycles. The molecule has 0 aliphatic carbocycles. The molecule has 0 bridgehead atoms. The Hall–Kier alpha value is -1.95. The number of imide groups is 1. The van der Waals surface area contributed by atoms with Gasteiger partial charge < -0.3 is 19.0 Å². The molecule has 2 amide bonds. The maximum atomic E-state index is 11.4. The lowest BCUT2D eigenvalue weighted by atomic mass is 10.4. The van der Waals surface area contributed by atoms with Gasteiger partial charge in [0.1, 0.15) is 0 Å². The van der Waals surface area contributed by atoms with Crippen LogP contribution in [0.1, 0.15) is 25.7 Å². The molecule has 1 heterocycles. The van der Waals surface area contributed by atoms with Gasteiger partial charge in [-0.05, 0) is 0 Å². The lowest BCUT2D eigenvalue weighted by Gasteiger charge is -2.12. The Morgan fingerprint density at radius 2 is 1.48 bits per heavy atom. The number of ether oxygens (including phenoxy) is 3. The maximum Gasteiger partial charge on any atom is 0.335 e. The Morgan fingerprint density at radius 1 is 0.957 bits per heavy atom. The number of carbonyl (C=O) groups is 3. The van der Waals surface area contributed by atoms with E-state index in [-0.39, 0.29) is 25.9 Å². The van der Waals surface area contributed by atoms with Gasteiger partial charge in [-0.25, -0.2) is 4.79 Å². The standard InChI is InChI=1S/C15H21NO7/c1-2-3-7-20-9-11-22-12-10-21-8-6-15(19)23-16-13(17)4-5-14(16)18/h1H,3-12H2. The van der Waals surface area contributed by atoms with E-state index in [2.05, 4.69) is 10.8 Å². The van der Waals surface area contributed by atoms with Crippen molar-refractivity contribution in [1.29, 1.82) is 0 Å². The van der Waals surface area contributed by atoms with Crippen LogP contribution >= 0.6 is 0 Å². The highest BCUT2D eigenvalue weighted by Gasteiger charge is 2.32. The van der Waals surface area contributed by atoms with Crippen LogP contribution in [0.25, 0.3) is 0 Å². The van der Waals surface area contributed by atoms with E-state index in [1.54, 1.807) is 0 Å². The molecule has 1 fully saturated rings. The van der Waals surface area contributed by atoms with Crippen molar-refractivity contribution in [3.05, 3.63) is 0 Å². The molecular weight excluding hydrogens is 306 g/mol. The van der Waals surface area contributed by atoms with Gasteiger partial charge in [0.25, 0.3) is 11.8 Å². The zero-order valence-electron chi connectivity index (χ0n) is 13.0. The van der Waals surface area contributed by atoms with E-state index < -0.39 is 17.8 Å². The summed E-state index contributed by atoms with van der Waals surface area (Å²) in [7, 11) is 0. The number of nitrogens with zero attached hydrogens (tertiary/aromatic N) is 1. The quantitative estimate of drug-likeness (QED) is 0.284. The first kappa shape index (κ1) is 19.1. The first-order chi connectivity index (χ1) is 11.1. The number of hydrogen-bond donors (Lipinski definition) is 0. The zero-order valence-corrected chi connectivity index (χ0v) is 13.0. The van der Waals surface area contributed by atoms with Crippen LogP contribution in [0, 0.1) is 12.3 Å². The number of rotatable bonds is 12. The molecule has 0 N–H and O–H groups in total. The average molecular weight is 327 g/mol. The van der Waals surface area contributed by atoms with E-state index >= 15 is 0 Å². The average Bonchev–Trinajstić information content (AvgIpc) is 2.84. The fourth-order valence-electron chi connectivity index (χ4n) is 1.63. The fraction of sp³-hybridized carbons (Fsp3) is 0.667. The third kappa shape index (κ3) is 8.30. The van der Waals surface area contributed by atoms with Crippen molar-refractivity contribution in [1.82, 2.24) is 5.06 Å². The molecule has 0 radical (unpaired) electrons. The first-order valence-corrected chi connectivity index (χ1v) is 7.38. The van der Waals surface area contributed by atoms with Crippen LogP contribution in [-0.2, 0) is 33.4 Å². The minimum atomic E-state index is -0.684. The van der Waals surface area contributed by atoms with Crippen LogP contribution in [0.4, 0.5) is 0 Å². The van der Waals surface area contributed by atoms with E-state index in [4.69, 9.17) is 20.6 Å². The molecule has 0 spiro atoms. The van der Waals surface area contributed by atoms with Crippen molar-refractivity contribution in [2.75, 3.05) is 39.6 Å². The van der Waals surface area contributed by atoms with Gasteiger partial charge in [0.05, 0.1) is 46.1 Å². The van der Waals surface area contributed by atoms with Gasteiger partial charge in [-0.1, -0.05) is 0 Å². The van der Waals surface area contributed by atoms with Crippen molar-refractivity contribution in [2.45, 2.75) is 25.7 Å². The summed E-state index contributed by atoms with van der Waals surface area (Å²) in [5.74, 6) is 0.786. The summed E-state index contributed by atoms with van der Waals surface area (Å²) in [5.41, 5.74) is 0. The van der Waals surface area contributed by atoms with Gasteiger partial charge in [-0.15, -0.1) is 17.4 Å². The molecule has 0 aromatic carbocycles. The van der Waals surface area contributed by atoms with Gasteiger partial charge in [-0.3, -0.25) is 9.59 Å². The second kappa shape index (κ2) is 11.6. The summed E-state index contributed by atoms with van der Waals surface area (Å²) in [5, 5.41) is 0.519. The highest BCUT2D eigenvalue weighted by molar-refractivity contribution is 6.01. The van der Waals surface area contributed by atoms with Crippen LogP contribution in [0.5, 0.6) is 0 Å². The van der Waals surface area contributed by atoms with Gasteiger partial charge in [0, 0.05) is 19.3 Å². The highest BCUT2D eigenvalue weighted by Crippen LogP contribution is 2.12. The van der Waals surface area contributed by atoms with E-state index in [0.717, 1.165) is 0 Å². The lowest BCUT2D eigenvalue weighted by Crippen LogP contribution is -2.32. The van der Waals surface area contributed by atoms with Crippen LogP contribution in [0.2, 0.25) is 0 Å². The molecule has 8 heteroatoms. The molecule has 1 rings (SSSR count). The van der Waals surface area contributed by atoms with Crippen LogP contribution in [0.3, 0.4) is 0 Å². The molecule has 0 unspecified atom stereocenters. The zero-order chi connectivity index (χ0) is 16.9. The van der Waals surface area contributed by atoms with E-state index in [9.17, 15) is 14.4 Å². The van der Waals surface area contributed by atoms with E-state index in [1.165, 1.54) is 0 Å². The van der Waals surface area contributed by atoms with Crippen LogP contribution in [0.15, 0.2) is 0 Å². The molecule has 23 heavy (non-hydrogen) atoms. The molecule has 0 atom stereocenters. The van der Waals surface area contributed by atoms with Gasteiger partial charge in [-0.2, -0.15) is 0 Å². The maximum absolute atomic E-state index is 11.4. The van der Waals surface area contributed by atoms with Gasteiger partial charge in [0.2, 0.25) is 0 Å². The van der Waals surface area contributed by atoms with Gasteiger partial charge in [0.15, 0.2) is 0 Å². The number of hydrogen-bond acceptors (Lipinski definition) is 7. The van der Waals surface area contributed by atoms with Crippen molar-refractivity contribution in [2.24, 2.45) is 0 Å². The Balaban J connectivity index is 1.91. The Labute approximate surface area is 134 Å². The summed E-state index contributed by atoms with van der Waals surface area (Å²) in [6, 6.07) is 0.